The number of hydrogen-bond donors (Lipinski definition) is 5. The van der Waals surface area contributed by atoms with Crippen LogP contribution >= 0.6 is 0 Å². The molecule has 0 spiro atoms. The lowest BCUT2D eigenvalue weighted by Crippen LogP contribution is -2.55. The van der Waals surface area contributed by atoms with E-state index in [1.165, 1.54) is 0 Å². The van der Waals surface area contributed by atoms with E-state index in [1.807, 2.05) is 30.3 Å². The predicted octanol–water partition coefficient (Wildman–Crippen LogP) is 1.23. The molecule has 0 unspecified atom stereocenters. The second-order valence-electron chi connectivity index (χ2n) is 8.12. The van der Waals surface area contributed by atoms with Crippen molar-refractivity contribution in [2.24, 2.45) is 5.73 Å². The van der Waals surface area contributed by atoms with Crippen LogP contribution in [0.1, 0.15) is 22.8 Å². The Hall–Kier alpha value is -2.52. The van der Waals surface area contributed by atoms with Crippen molar-refractivity contribution in [1.29, 1.82) is 0 Å². The lowest BCUT2D eigenvalue weighted by atomic mass is 9.89. The van der Waals surface area contributed by atoms with Gasteiger partial charge >= 0.3 is 0 Å². The maximum absolute atomic E-state index is 10.6. The summed E-state index contributed by atoms with van der Waals surface area (Å²) in [5.74, 6) is 0.475. The third kappa shape index (κ3) is 4.63. The zero-order chi connectivity index (χ0) is 22.7. The summed E-state index contributed by atoms with van der Waals surface area (Å²) in [5.41, 5.74) is 10.5. The van der Waals surface area contributed by atoms with Crippen LogP contribution < -0.4 is 10.5 Å². The van der Waals surface area contributed by atoms with Crippen LogP contribution in [-0.4, -0.2) is 64.6 Å². The van der Waals surface area contributed by atoms with Gasteiger partial charge in [-0.05, 0) is 40.8 Å². The van der Waals surface area contributed by atoms with Gasteiger partial charge in [0.1, 0.15) is 42.9 Å². The Balaban J connectivity index is 1.67. The minimum absolute atomic E-state index is 0.273. The Bertz CT molecular complexity index is 979. The number of ether oxygens (including phenoxy) is 2. The number of aliphatic hydroxyl groups is 4. The van der Waals surface area contributed by atoms with Gasteiger partial charge in [0.2, 0.25) is 0 Å². The lowest BCUT2D eigenvalue weighted by Gasteiger charge is -2.40. The summed E-state index contributed by atoms with van der Waals surface area (Å²) in [6.45, 7) is 0.0973. The van der Waals surface area contributed by atoms with E-state index in [9.17, 15) is 20.4 Å². The third-order valence-electron chi connectivity index (χ3n) is 5.85. The maximum atomic E-state index is 10.6. The van der Waals surface area contributed by atoms with Crippen LogP contribution in [0.25, 0.3) is 11.1 Å². The standard InChI is InChI=1S/C25H29NO6/c26-8-9-31-20-7-6-15(10-16-11-17-4-2-1-3-5-18(17)12-16)13-19(20)25-24(30)23(29)22(28)21(14-27)32-25/h1-7,11-13,21-25,27-30H,8-10,14,26H2/t21-,22-,23+,24-,25+/m1/s1. The molecule has 32 heavy (non-hydrogen) atoms. The van der Waals surface area contributed by atoms with Gasteiger partial charge in [-0.25, -0.2) is 0 Å². The molecule has 1 heterocycles. The van der Waals surface area contributed by atoms with Crippen molar-refractivity contribution in [3.63, 3.8) is 0 Å². The number of nitrogens with two attached hydrogens (primary N) is 1. The smallest absolute Gasteiger partial charge is 0.125 e. The summed E-state index contributed by atoms with van der Waals surface area (Å²) < 4.78 is 11.5. The summed E-state index contributed by atoms with van der Waals surface area (Å²) >= 11 is 0. The van der Waals surface area contributed by atoms with Gasteiger partial charge in [-0.1, -0.05) is 48.5 Å². The molecule has 1 aromatic carbocycles. The topological polar surface area (TPSA) is 125 Å². The number of rotatable bonds is 7. The Kier molecular flexibility index (Phi) is 7.05. The SMILES string of the molecule is NCCOc1ccc(Cc2cc3cccccc-3c2)cc1[C@@H]1O[C@H](CO)[C@@H](O)[C@H](O)[C@H]1O. The minimum Gasteiger partial charge on any atom is -0.492 e. The lowest BCUT2D eigenvalue weighted by molar-refractivity contribution is -0.232. The molecule has 3 aliphatic rings. The number of hydrogen-bond acceptors (Lipinski definition) is 7. The average Bonchev–Trinajstić information content (AvgIpc) is 3.04. The van der Waals surface area contributed by atoms with E-state index in [4.69, 9.17) is 15.2 Å². The van der Waals surface area contributed by atoms with Gasteiger partial charge in [-0.15, -0.1) is 0 Å². The fourth-order valence-electron chi connectivity index (χ4n) is 4.21. The number of fused-ring (bicyclic) bond motifs is 1. The van der Waals surface area contributed by atoms with E-state index < -0.39 is 37.1 Å². The molecule has 1 saturated heterocycles. The zero-order valence-electron chi connectivity index (χ0n) is 17.7. The van der Waals surface area contributed by atoms with Crippen molar-refractivity contribution in [2.45, 2.75) is 36.9 Å². The molecule has 1 fully saturated rings. The van der Waals surface area contributed by atoms with Crippen LogP contribution in [0.4, 0.5) is 0 Å². The van der Waals surface area contributed by atoms with Crippen LogP contribution in [0.5, 0.6) is 5.75 Å². The highest BCUT2D eigenvalue weighted by atomic mass is 16.5. The third-order valence-corrected chi connectivity index (χ3v) is 5.85. The quantitative estimate of drug-likeness (QED) is 0.375. The van der Waals surface area contributed by atoms with Crippen molar-refractivity contribution in [3.05, 3.63) is 77.4 Å². The highest BCUT2D eigenvalue weighted by Gasteiger charge is 2.44. The highest BCUT2D eigenvalue weighted by Crippen LogP contribution is 2.38. The molecule has 0 radical (unpaired) electrons. The van der Waals surface area contributed by atoms with Crippen molar-refractivity contribution in [1.82, 2.24) is 0 Å². The Labute approximate surface area is 187 Å². The first kappa shape index (κ1) is 22.7. The summed E-state index contributed by atoms with van der Waals surface area (Å²) in [4.78, 5) is 0. The fourth-order valence-corrected chi connectivity index (χ4v) is 4.21. The first-order valence-corrected chi connectivity index (χ1v) is 10.8. The zero-order valence-corrected chi connectivity index (χ0v) is 17.7. The summed E-state index contributed by atoms with van der Waals surface area (Å²) in [5, 5.41) is 40.6. The van der Waals surface area contributed by atoms with E-state index in [0.29, 0.717) is 24.3 Å². The molecule has 0 amide bonds. The second-order valence-corrected chi connectivity index (χ2v) is 8.12. The highest BCUT2D eigenvalue weighted by molar-refractivity contribution is 5.68. The molecule has 6 N–H and O–H groups in total. The van der Waals surface area contributed by atoms with E-state index in [-0.39, 0.29) is 6.61 Å². The van der Waals surface area contributed by atoms with E-state index in [2.05, 4.69) is 24.3 Å². The molecule has 0 bridgehead atoms. The number of aliphatic hydroxyl groups excluding tert-OH is 4. The molecular formula is C25H29NO6. The molecule has 1 aliphatic heterocycles. The molecular weight excluding hydrogens is 410 g/mol. The van der Waals surface area contributed by atoms with Gasteiger partial charge in [0.15, 0.2) is 0 Å². The predicted molar refractivity (Wildman–Crippen MR) is 120 cm³/mol. The van der Waals surface area contributed by atoms with Crippen molar-refractivity contribution >= 4 is 0 Å². The molecule has 5 atom stereocenters. The number of benzene rings is 1. The van der Waals surface area contributed by atoms with Gasteiger partial charge in [0, 0.05) is 12.1 Å². The first-order chi connectivity index (χ1) is 15.5. The van der Waals surface area contributed by atoms with Crippen LogP contribution in [-0.2, 0) is 11.2 Å². The summed E-state index contributed by atoms with van der Waals surface area (Å²) in [6.07, 6.45) is -5.58. The van der Waals surface area contributed by atoms with Crippen LogP contribution in [0.2, 0.25) is 0 Å². The van der Waals surface area contributed by atoms with Gasteiger partial charge in [0.25, 0.3) is 0 Å². The van der Waals surface area contributed by atoms with Crippen molar-refractivity contribution < 1.29 is 29.9 Å². The van der Waals surface area contributed by atoms with E-state index in [1.54, 1.807) is 6.07 Å². The van der Waals surface area contributed by atoms with Crippen LogP contribution in [0.15, 0.2) is 60.7 Å². The molecule has 7 heteroatoms. The molecule has 0 aromatic heterocycles. The largest absolute Gasteiger partial charge is 0.492 e. The van der Waals surface area contributed by atoms with Crippen LogP contribution in [0.3, 0.4) is 0 Å². The van der Waals surface area contributed by atoms with Crippen molar-refractivity contribution in [3.8, 4) is 16.9 Å². The molecule has 1 aromatic rings. The summed E-state index contributed by atoms with van der Waals surface area (Å²) in [7, 11) is 0. The molecule has 4 rings (SSSR count). The normalized spacial score (nSPS) is 25.7. The van der Waals surface area contributed by atoms with Gasteiger partial charge in [0.05, 0.1) is 6.61 Å². The van der Waals surface area contributed by atoms with Crippen LogP contribution in [0, 0.1) is 0 Å². The van der Waals surface area contributed by atoms with E-state index >= 15 is 0 Å². The Morgan fingerprint density at radius 2 is 1.56 bits per heavy atom. The van der Waals surface area contributed by atoms with Gasteiger partial charge in [-0.3, -0.25) is 0 Å². The fraction of sp³-hybridized carbons (Fsp3) is 0.360. The van der Waals surface area contributed by atoms with Gasteiger partial charge in [-0.2, -0.15) is 0 Å². The van der Waals surface area contributed by atoms with E-state index in [0.717, 1.165) is 22.3 Å². The maximum Gasteiger partial charge on any atom is 0.125 e. The first-order valence-electron chi connectivity index (χ1n) is 10.8. The average molecular weight is 440 g/mol. The molecule has 2 aliphatic carbocycles. The molecule has 170 valence electrons. The molecule has 7 nitrogen and oxygen atoms in total. The van der Waals surface area contributed by atoms with Gasteiger partial charge < -0.3 is 35.6 Å². The Morgan fingerprint density at radius 3 is 2.22 bits per heavy atom. The molecule has 0 saturated carbocycles. The summed E-state index contributed by atoms with van der Waals surface area (Å²) in [6, 6.07) is 20.0. The minimum atomic E-state index is -1.46. The van der Waals surface area contributed by atoms with Crippen molar-refractivity contribution in [2.75, 3.05) is 19.8 Å². The monoisotopic (exact) mass is 439 g/mol. The second kappa shape index (κ2) is 9.95. The Morgan fingerprint density at radius 1 is 0.844 bits per heavy atom.